The monoisotopic (exact) mass is 232 g/mol. The SMILES string of the molecule is CN(CCCN1CCCCC1)c1ccccc1. The highest BCUT2D eigenvalue weighted by Gasteiger charge is 2.09. The van der Waals surface area contributed by atoms with Crippen LogP contribution in [0.1, 0.15) is 25.7 Å². The Hall–Kier alpha value is -1.02. The summed E-state index contributed by atoms with van der Waals surface area (Å²) in [4.78, 5) is 4.96. The standard InChI is InChI=1S/C15H24N2/c1-16(15-9-4-2-5-10-15)11-8-14-17-12-6-3-7-13-17/h2,4-5,9-10H,3,6-8,11-14H2,1H3. The molecule has 2 rings (SSSR count). The fourth-order valence-corrected chi connectivity index (χ4v) is 2.53. The minimum atomic E-state index is 1.15. The van der Waals surface area contributed by atoms with Gasteiger partial charge in [-0.1, -0.05) is 24.6 Å². The summed E-state index contributed by atoms with van der Waals surface area (Å²) in [5.41, 5.74) is 1.33. The van der Waals surface area contributed by atoms with Crippen molar-refractivity contribution in [2.75, 3.05) is 38.1 Å². The van der Waals surface area contributed by atoms with Gasteiger partial charge >= 0.3 is 0 Å². The molecule has 94 valence electrons. The predicted octanol–water partition coefficient (Wildman–Crippen LogP) is 3.00. The maximum Gasteiger partial charge on any atom is 0.0363 e. The Kier molecular flexibility index (Phi) is 4.87. The van der Waals surface area contributed by atoms with E-state index in [1.54, 1.807) is 0 Å². The molecule has 0 aromatic heterocycles. The second kappa shape index (κ2) is 6.65. The van der Waals surface area contributed by atoms with Crippen LogP contribution in [-0.2, 0) is 0 Å². The van der Waals surface area contributed by atoms with Gasteiger partial charge in [0.15, 0.2) is 0 Å². The summed E-state index contributed by atoms with van der Waals surface area (Å²) >= 11 is 0. The lowest BCUT2D eigenvalue weighted by Crippen LogP contribution is -2.32. The van der Waals surface area contributed by atoms with E-state index in [1.165, 1.54) is 51.0 Å². The van der Waals surface area contributed by atoms with Gasteiger partial charge in [-0.3, -0.25) is 0 Å². The van der Waals surface area contributed by atoms with Gasteiger partial charge in [-0.05, 0) is 51.0 Å². The predicted molar refractivity (Wildman–Crippen MR) is 74.6 cm³/mol. The fourth-order valence-electron chi connectivity index (χ4n) is 2.53. The number of anilines is 1. The molecule has 1 aliphatic heterocycles. The lowest BCUT2D eigenvalue weighted by atomic mass is 10.1. The highest BCUT2D eigenvalue weighted by atomic mass is 15.1. The molecule has 1 aromatic carbocycles. The molecule has 1 fully saturated rings. The number of para-hydroxylation sites is 1. The molecule has 0 N–H and O–H groups in total. The first-order chi connectivity index (χ1) is 8.36. The maximum absolute atomic E-state index is 2.61. The van der Waals surface area contributed by atoms with Crippen molar-refractivity contribution in [3.63, 3.8) is 0 Å². The van der Waals surface area contributed by atoms with Crippen molar-refractivity contribution in [3.8, 4) is 0 Å². The van der Waals surface area contributed by atoms with Crippen LogP contribution >= 0.6 is 0 Å². The molecule has 0 saturated carbocycles. The Bertz CT molecular complexity index is 304. The van der Waals surface area contributed by atoms with E-state index in [0.717, 1.165) is 6.54 Å². The van der Waals surface area contributed by atoms with Gasteiger partial charge in [-0.15, -0.1) is 0 Å². The van der Waals surface area contributed by atoms with Crippen molar-refractivity contribution in [1.82, 2.24) is 4.90 Å². The fraction of sp³-hybridized carbons (Fsp3) is 0.600. The lowest BCUT2D eigenvalue weighted by molar-refractivity contribution is 0.227. The molecule has 0 bridgehead atoms. The van der Waals surface area contributed by atoms with E-state index in [0.29, 0.717) is 0 Å². The van der Waals surface area contributed by atoms with Crippen LogP contribution in [0.15, 0.2) is 30.3 Å². The summed E-state index contributed by atoms with van der Waals surface area (Å²) in [6, 6.07) is 10.7. The molecule has 2 nitrogen and oxygen atoms in total. The molecule has 17 heavy (non-hydrogen) atoms. The zero-order valence-corrected chi connectivity index (χ0v) is 10.9. The van der Waals surface area contributed by atoms with Crippen LogP contribution in [0, 0.1) is 0 Å². The quantitative estimate of drug-likeness (QED) is 0.770. The molecule has 0 aliphatic carbocycles. The zero-order valence-electron chi connectivity index (χ0n) is 10.9. The van der Waals surface area contributed by atoms with E-state index in [-0.39, 0.29) is 0 Å². The molecule has 2 heteroatoms. The first kappa shape index (κ1) is 12.4. The molecule has 1 aliphatic rings. The summed E-state index contributed by atoms with van der Waals surface area (Å²) < 4.78 is 0. The highest BCUT2D eigenvalue weighted by molar-refractivity contribution is 5.44. The average molecular weight is 232 g/mol. The Morgan fingerprint density at radius 1 is 1.06 bits per heavy atom. The van der Waals surface area contributed by atoms with Gasteiger partial charge in [-0.25, -0.2) is 0 Å². The van der Waals surface area contributed by atoms with E-state index in [4.69, 9.17) is 0 Å². The Morgan fingerprint density at radius 3 is 2.47 bits per heavy atom. The number of hydrogen-bond donors (Lipinski definition) is 0. The Balaban J connectivity index is 1.67. The number of piperidine rings is 1. The largest absolute Gasteiger partial charge is 0.375 e. The third kappa shape index (κ3) is 4.04. The number of benzene rings is 1. The summed E-state index contributed by atoms with van der Waals surface area (Å²) in [6.07, 6.45) is 5.49. The summed E-state index contributed by atoms with van der Waals surface area (Å²) in [7, 11) is 2.19. The molecule has 0 radical (unpaired) electrons. The first-order valence-electron chi connectivity index (χ1n) is 6.85. The number of hydrogen-bond acceptors (Lipinski definition) is 2. The minimum Gasteiger partial charge on any atom is -0.375 e. The molecule has 0 spiro atoms. The maximum atomic E-state index is 2.61. The highest BCUT2D eigenvalue weighted by Crippen LogP contribution is 2.12. The van der Waals surface area contributed by atoms with E-state index in [2.05, 4.69) is 47.2 Å². The molecule has 0 unspecified atom stereocenters. The molecule has 0 amide bonds. The molecule has 1 saturated heterocycles. The van der Waals surface area contributed by atoms with E-state index in [9.17, 15) is 0 Å². The van der Waals surface area contributed by atoms with Gasteiger partial charge in [0.05, 0.1) is 0 Å². The summed E-state index contributed by atoms with van der Waals surface area (Å²) in [5, 5.41) is 0. The van der Waals surface area contributed by atoms with Gasteiger partial charge in [-0.2, -0.15) is 0 Å². The third-order valence-corrected chi connectivity index (χ3v) is 3.61. The van der Waals surface area contributed by atoms with Crippen molar-refractivity contribution < 1.29 is 0 Å². The average Bonchev–Trinajstić information content (AvgIpc) is 2.41. The minimum absolute atomic E-state index is 1.15. The van der Waals surface area contributed by atoms with Crippen LogP contribution in [0.5, 0.6) is 0 Å². The number of likely N-dealkylation sites (tertiary alicyclic amines) is 1. The topological polar surface area (TPSA) is 6.48 Å². The number of rotatable bonds is 5. The van der Waals surface area contributed by atoms with Crippen LogP contribution < -0.4 is 4.90 Å². The van der Waals surface area contributed by atoms with Crippen molar-refractivity contribution in [3.05, 3.63) is 30.3 Å². The molecule has 0 atom stereocenters. The van der Waals surface area contributed by atoms with Gasteiger partial charge in [0.2, 0.25) is 0 Å². The van der Waals surface area contributed by atoms with Crippen LogP contribution in [-0.4, -0.2) is 38.1 Å². The summed E-state index contributed by atoms with van der Waals surface area (Å²) in [6.45, 7) is 5.04. The second-order valence-corrected chi connectivity index (χ2v) is 5.01. The van der Waals surface area contributed by atoms with Gasteiger partial charge < -0.3 is 9.80 Å². The van der Waals surface area contributed by atoms with Crippen LogP contribution in [0.2, 0.25) is 0 Å². The lowest BCUT2D eigenvalue weighted by Gasteiger charge is -2.27. The third-order valence-electron chi connectivity index (χ3n) is 3.61. The van der Waals surface area contributed by atoms with Crippen molar-refractivity contribution in [2.45, 2.75) is 25.7 Å². The Morgan fingerprint density at radius 2 is 1.76 bits per heavy atom. The Labute approximate surface area is 105 Å². The van der Waals surface area contributed by atoms with Crippen LogP contribution in [0.3, 0.4) is 0 Å². The smallest absolute Gasteiger partial charge is 0.0363 e. The van der Waals surface area contributed by atoms with Crippen molar-refractivity contribution >= 4 is 5.69 Å². The zero-order chi connectivity index (χ0) is 11.9. The molecular weight excluding hydrogens is 208 g/mol. The van der Waals surface area contributed by atoms with Crippen molar-refractivity contribution in [2.24, 2.45) is 0 Å². The van der Waals surface area contributed by atoms with Crippen molar-refractivity contribution in [1.29, 1.82) is 0 Å². The molecular formula is C15H24N2. The van der Waals surface area contributed by atoms with E-state index >= 15 is 0 Å². The normalized spacial score (nSPS) is 17.0. The van der Waals surface area contributed by atoms with E-state index < -0.39 is 0 Å². The van der Waals surface area contributed by atoms with Crippen LogP contribution in [0.25, 0.3) is 0 Å². The second-order valence-electron chi connectivity index (χ2n) is 5.01. The van der Waals surface area contributed by atoms with Gasteiger partial charge in [0.25, 0.3) is 0 Å². The molecule has 1 heterocycles. The van der Waals surface area contributed by atoms with E-state index in [1.807, 2.05) is 0 Å². The first-order valence-corrected chi connectivity index (χ1v) is 6.85. The molecule has 1 aromatic rings. The number of nitrogens with zero attached hydrogens (tertiary/aromatic N) is 2. The van der Waals surface area contributed by atoms with Gasteiger partial charge in [0.1, 0.15) is 0 Å². The van der Waals surface area contributed by atoms with Gasteiger partial charge in [0, 0.05) is 19.3 Å². The summed E-state index contributed by atoms with van der Waals surface area (Å²) in [5.74, 6) is 0. The van der Waals surface area contributed by atoms with Crippen LogP contribution in [0.4, 0.5) is 5.69 Å².